The summed E-state index contributed by atoms with van der Waals surface area (Å²) in [6, 6.07) is 19.9. The maximum atomic E-state index is 14.8. The van der Waals surface area contributed by atoms with Crippen LogP contribution in [0.15, 0.2) is 78.9 Å². The molecule has 0 saturated carbocycles. The van der Waals surface area contributed by atoms with E-state index in [-0.39, 0.29) is 25.9 Å². The lowest BCUT2D eigenvalue weighted by molar-refractivity contribution is -0.140. The first-order chi connectivity index (χ1) is 29.7. The van der Waals surface area contributed by atoms with Gasteiger partial charge in [0.05, 0.1) is 27.3 Å². The maximum absolute atomic E-state index is 14.8. The molecule has 15 nitrogen and oxygen atoms in total. The molecule has 2 saturated heterocycles. The maximum Gasteiger partial charge on any atom is 0.407 e. The number of hydrogen-bond acceptors (Lipinski definition) is 9. The van der Waals surface area contributed by atoms with Crippen molar-refractivity contribution in [2.24, 2.45) is 10.8 Å². The lowest BCUT2D eigenvalue weighted by Crippen LogP contribution is -2.57. The van der Waals surface area contributed by atoms with Crippen LogP contribution in [0.3, 0.4) is 0 Å². The van der Waals surface area contributed by atoms with Crippen molar-refractivity contribution in [1.82, 2.24) is 20.4 Å². The van der Waals surface area contributed by atoms with Gasteiger partial charge in [-0.3, -0.25) is 19.2 Å². The van der Waals surface area contributed by atoms with Crippen molar-refractivity contribution < 1.29 is 47.0 Å². The molecule has 2 fully saturated rings. The summed E-state index contributed by atoms with van der Waals surface area (Å²) in [6.07, 6.45) is -4.81. The number of halogens is 2. The third-order valence-corrected chi connectivity index (χ3v) is 11.1. The van der Waals surface area contributed by atoms with Gasteiger partial charge in [-0.15, -0.1) is 0 Å². The molecule has 2 heterocycles. The molecule has 6 atom stereocenters. The number of amides is 6. The Bertz CT molecular complexity index is 1960. The Kier molecular flexibility index (Phi) is 15.4. The van der Waals surface area contributed by atoms with Crippen molar-refractivity contribution in [3.8, 4) is 0 Å². The summed E-state index contributed by atoms with van der Waals surface area (Å²) in [5.74, 6) is -2.25. The number of methoxy groups -OCH3 is 2. The van der Waals surface area contributed by atoms with E-state index in [0.717, 1.165) is 16.8 Å². The second kappa shape index (κ2) is 20.3. The molecule has 6 unspecified atom stereocenters. The number of carbonyl (C=O) groups is 6. The number of alkyl carbamates (subject to hydrolysis) is 2. The van der Waals surface area contributed by atoms with E-state index >= 15 is 0 Å². The number of carbonyl (C=O) groups excluding carboxylic acids is 6. The lowest BCUT2D eigenvalue weighted by Gasteiger charge is -2.34. The molecule has 17 heteroatoms. The van der Waals surface area contributed by atoms with Crippen molar-refractivity contribution in [2.75, 3.05) is 42.8 Å². The Balaban J connectivity index is 1.24. The molecule has 0 aromatic heterocycles. The zero-order valence-electron chi connectivity index (χ0n) is 37.1. The number of benzene rings is 3. The number of ether oxygens (including phenoxy) is 2. The largest absolute Gasteiger partial charge is 0.453 e. The molecular formula is C46H59F2N7O8. The molecular weight excluding hydrogens is 817 g/mol. The van der Waals surface area contributed by atoms with Crippen molar-refractivity contribution in [2.45, 2.75) is 104 Å². The van der Waals surface area contributed by atoms with Gasteiger partial charge in [-0.25, -0.2) is 18.4 Å². The Morgan fingerprint density at radius 3 is 1.32 bits per heavy atom. The molecule has 0 bridgehead atoms. The quantitative estimate of drug-likeness (QED) is 0.156. The highest BCUT2D eigenvalue weighted by molar-refractivity contribution is 6.00. The zero-order chi connectivity index (χ0) is 46.2. The van der Waals surface area contributed by atoms with E-state index in [2.05, 4.69) is 26.2 Å². The van der Waals surface area contributed by atoms with E-state index in [1.54, 1.807) is 65.8 Å². The van der Waals surface area contributed by atoms with Gasteiger partial charge < -0.3 is 45.4 Å². The number of nitrogens with zero attached hydrogens (tertiary/aromatic N) is 3. The normalized spacial score (nSPS) is 19.7. The fourth-order valence-corrected chi connectivity index (χ4v) is 7.69. The van der Waals surface area contributed by atoms with Crippen LogP contribution in [0.5, 0.6) is 0 Å². The van der Waals surface area contributed by atoms with Crippen molar-refractivity contribution in [3.63, 3.8) is 0 Å². The summed E-state index contributed by atoms with van der Waals surface area (Å²) in [7, 11) is 2.36. The molecule has 5 rings (SSSR count). The van der Waals surface area contributed by atoms with Crippen molar-refractivity contribution in [1.29, 1.82) is 0 Å². The third-order valence-electron chi connectivity index (χ3n) is 11.1. The highest BCUT2D eigenvalue weighted by Crippen LogP contribution is 2.30. The fraction of sp³-hybridized carbons (Fsp3) is 0.478. The summed E-state index contributed by atoms with van der Waals surface area (Å²) in [5, 5.41) is 10.7. The minimum atomic E-state index is -1.42. The molecule has 0 aliphatic carbocycles. The van der Waals surface area contributed by atoms with Gasteiger partial charge in [0.15, 0.2) is 0 Å². The van der Waals surface area contributed by atoms with E-state index < -0.39 is 83.2 Å². The molecule has 3 aromatic rings. The Morgan fingerprint density at radius 1 is 0.619 bits per heavy atom. The molecule has 2 aliphatic rings. The fourth-order valence-electron chi connectivity index (χ4n) is 7.69. The highest BCUT2D eigenvalue weighted by Gasteiger charge is 2.47. The predicted molar refractivity (Wildman–Crippen MR) is 234 cm³/mol. The van der Waals surface area contributed by atoms with Gasteiger partial charge in [0, 0.05) is 43.0 Å². The van der Waals surface area contributed by atoms with Crippen LogP contribution in [-0.2, 0) is 41.7 Å². The minimum Gasteiger partial charge on any atom is -0.453 e. The Hall–Kier alpha value is -6.26. The topological polar surface area (TPSA) is 179 Å². The number of nitrogens with one attached hydrogen (secondary N) is 4. The first-order valence-electron chi connectivity index (χ1n) is 20.9. The molecule has 0 radical (unpaired) electrons. The van der Waals surface area contributed by atoms with Gasteiger partial charge in [-0.05, 0) is 58.4 Å². The van der Waals surface area contributed by atoms with Gasteiger partial charge in [0.25, 0.3) is 0 Å². The Morgan fingerprint density at radius 2 is 0.984 bits per heavy atom. The van der Waals surface area contributed by atoms with E-state index in [0.29, 0.717) is 24.5 Å². The summed E-state index contributed by atoms with van der Waals surface area (Å²) < 4.78 is 38.9. The zero-order valence-corrected chi connectivity index (χ0v) is 37.1. The van der Waals surface area contributed by atoms with Crippen LogP contribution < -0.4 is 26.2 Å². The highest BCUT2D eigenvalue weighted by atomic mass is 19.1. The van der Waals surface area contributed by atoms with Crippen LogP contribution in [0.1, 0.15) is 65.5 Å². The number of alkyl halides is 2. The predicted octanol–water partition coefficient (Wildman–Crippen LogP) is 6.19. The molecule has 340 valence electrons. The van der Waals surface area contributed by atoms with Crippen molar-refractivity contribution in [3.05, 3.63) is 90.0 Å². The smallest absolute Gasteiger partial charge is 0.407 e. The molecule has 63 heavy (non-hydrogen) atoms. The van der Waals surface area contributed by atoms with Crippen LogP contribution in [0, 0.1) is 10.8 Å². The number of hydrogen-bond donors (Lipinski definition) is 4. The molecule has 3 aromatic carbocycles. The van der Waals surface area contributed by atoms with Gasteiger partial charge in [0.1, 0.15) is 36.5 Å². The minimum absolute atomic E-state index is 0.181. The lowest BCUT2D eigenvalue weighted by atomic mass is 9.85. The monoisotopic (exact) mass is 875 g/mol. The number of rotatable bonds is 13. The second-order valence-corrected chi connectivity index (χ2v) is 18.1. The first-order valence-corrected chi connectivity index (χ1v) is 20.9. The molecule has 6 amide bonds. The standard InChI is InChI=1S/C46H59F2N7O8/c1-45(2,3)37(51-43(60)62-7)41(58)54-26-30(47)22-35(54)39(56)49-32-18-14-28(15-19-32)24-53(34-12-10-9-11-13-34)25-29-16-20-33(21-17-29)50-40(57)36-23-31(48)27-55(36)42(59)38(46(4,5)6)52-44(61)63-8/h9-21,30-31,35-38H,22-27H2,1-8H3,(H,49,56)(H,50,57)(H,51,60)(H,52,61). The van der Waals surface area contributed by atoms with Crippen LogP contribution >= 0.6 is 0 Å². The van der Waals surface area contributed by atoms with E-state index in [4.69, 9.17) is 9.47 Å². The van der Waals surface area contributed by atoms with Crippen molar-refractivity contribution >= 4 is 52.9 Å². The van der Waals surface area contributed by atoms with Gasteiger partial charge >= 0.3 is 12.2 Å². The third kappa shape index (κ3) is 12.4. The summed E-state index contributed by atoms with van der Waals surface area (Å²) in [6.45, 7) is 10.9. The van der Waals surface area contributed by atoms with Crippen LogP contribution in [0.2, 0.25) is 0 Å². The van der Waals surface area contributed by atoms with Gasteiger partial charge in [-0.2, -0.15) is 0 Å². The van der Waals surface area contributed by atoms with Crippen LogP contribution in [0.25, 0.3) is 0 Å². The average molecular weight is 876 g/mol. The van der Waals surface area contributed by atoms with E-state index in [9.17, 15) is 37.5 Å². The van der Waals surface area contributed by atoms with Crippen LogP contribution in [-0.4, -0.2) is 109 Å². The molecule has 2 aliphatic heterocycles. The summed E-state index contributed by atoms with van der Waals surface area (Å²) in [5.41, 5.74) is 2.20. The first kappa shape index (κ1) is 47.8. The Labute approximate surface area is 367 Å². The van der Waals surface area contributed by atoms with Gasteiger partial charge in [-0.1, -0.05) is 84.0 Å². The summed E-state index contributed by atoms with van der Waals surface area (Å²) >= 11 is 0. The number of likely N-dealkylation sites (tertiary alicyclic amines) is 2. The van der Waals surface area contributed by atoms with E-state index in [1.165, 1.54) is 24.0 Å². The number of para-hydroxylation sites is 1. The van der Waals surface area contributed by atoms with Gasteiger partial charge in [0.2, 0.25) is 23.6 Å². The van der Waals surface area contributed by atoms with Crippen LogP contribution in [0.4, 0.5) is 35.4 Å². The number of anilines is 3. The molecule has 4 N–H and O–H groups in total. The SMILES string of the molecule is COC(=O)NC(C(=O)N1CC(F)CC1C(=O)Nc1ccc(CN(Cc2ccc(NC(=O)C3CC(F)CN3C(=O)C(NC(=O)OC)C(C)(C)C)cc2)c2ccccc2)cc1)C(C)(C)C. The molecule has 0 spiro atoms. The van der Waals surface area contributed by atoms with E-state index in [1.807, 2.05) is 54.6 Å². The second-order valence-electron chi connectivity index (χ2n) is 18.1. The average Bonchev–Trinajstić information content (AvgIpc) is 3.84. The summed E-state index contributed by atoms with van der Waals surface area (Å²) in [4.78, 5) is 82.9.